The Balaban J connectivity index is 3.27. The lowest BCUT2D eigenvalue weighted by molar-refractivity contribution is -0.142. The fraction of sp³-hybridized carbons (Fsp3) is 0.690. The summed E-state index contributed by atoms with van der Waals surface area (Å²) in [7, 11) is 0. The average Bonchev–Trinajstić information content (AvgIpc) is 3.02. The van der Waals surface area contributed by atoms with Gasteiger partial charge < -0.3 is 51.6 Å². The maximum absolute atomic E-state index is 13.3. The molecule has 0 aromatic heterocycles. The molecule has 1 fully saturated rings. The summed E-state index contributed by atoms with van der Waals surface area (Å²) in [6.45, 7) is 3.62. The topological polar surface area (TPSA) is 285 Å². The molecule has 49 heavy (non-hydrogen) atoms. The lowest BCUT2D eigenvalue weighted by atomic mass is 9.93. The van der Waals surface area contributed by atoms with E-state index in [-0.39, 0.29) is 38.5 Å². The van der Waals surface area contributed by atoms with E-state index >= 15 is 0 Å². The van der Waals surface area contributed by atoms with Crippen molar-refractivity contribution in [2.45, 2.75) is 70.6 Å². The summed E-state index contributed by atoms with van der Waals surface area (Å²) in [6, 6.07) is -5.24. The van der Waals surface area contributed by atoms with E-state index < -0.39 is 122 Å². The lowest BCUT2D eigenvalue weighted by Gasteiger charge is -2.26. The Morgan fingerprint density at radius 1 is 0.796 bits per heavy atom. The van der Waals surface area contributed by atoms with Crippen LogP contribution in [-0.2, 0) is 52.6 Å². The molecule has 6 amide bonds. The minimum absolute atomic E-state index is 0.00900. The number of carboxylic acid groups (broad SMARTS) is 2. The maximum atomic E-state index is 13.3. The number of ketones is 1. The van der Waals surface area contributed by atoms with Crippen molar-refractivity contribution in [2.24, 2.45) is 11.8 Å². The highest BCUT2D eigenvalue weighted by Gasteiger charge is 2.33. The standard InChI is InChI=1S/C29H46N6O13S/c1-15(2)25-29(46)31-12-21(37)33-19(14-49)27(44)30-6-7-47-8-9-48-13-22(38)32-16(3)20(36)10-17(4-5-23(39)40)26(43)34-18(11-24(41)42)28(45)35-25/h15-19,25,49H,4-14H2,1-3H3,(H,30,44)(H,31,46)(H,32,38)(H,33,37)(H,34,43)(H,35,45)(H,39,40)(H,41,42)/t16-,17+,18-,19-,25-/m0/s1. The summed E-state index contributed by atoms with van der Waals surface area (Å²) in [5.74, 6) is -10.3. The average molecular weight is 719 g/mol. The third-order valence-electron chi connectivity index (χ3n) is 7.05. The zero-order valence-electron chi connectivity index (χ0n) is 27.6. The monoisotopic (exact) mass is 718 g/mol. The van der Waals surface area contributed by atoms with E-state index in [9.17, 15) is 53.4 Å². The van der Waals surface area contributed by atoms with Gasteiger partial charge in [0.2, 0.25) is 35.4 Å². The molecule has 0 aromatic rings. The minimum atomic E-state index is -1.75. The maximum Gasteiger partial charge on any atom is 0.305 e. The number of aliphatic carboxylic acids is 2. The van der Waals surface area contributed by atoms with Crippen LogP contribution in [0.15, 0.2) is 0 Å². The summed E-state index contributed by atoms with van der Waals surface area (Å²) in [4.78, 5) is 112. The van der Waals surface area contributed by atoms with Crippen molar-refractivity contribution in [3.05, 3.63) is 0 Å². The molecule has 1 aliphatic heterocycles. The van der Waals surface area contributed by atoms with Gasteiger partial charge in [0.05, 0.1) is 38.8 Å². The molecule has 0 bridgehead atoms. The van der Waals surface area contributed by atoms with E-state index in [1.807, 2.05) is 0 Å². The van der Waals surface area contributed by atoms with E-state index in [1.165, 1.54) is 6.92 Å². The van der Waals surface area contributed by atoms with Crippen molar-refractivity contribution in [1.29, 1.82) is 0 Å². The van der Waals surface area contributed by atoms with Gasteiger partial charge in [-0.05, 0) is 19.3 Å². The predicted molar refractivity (Wildman–Crippen MR) is 172 cm³/mol. The second-order valence-electron chi connectivity index (χ2n) is 11.5. The van der Waals surface area contributed by atoms with E-state index in [4.69, 9.17) is 9.47 Å². The first-order valence-corrected chi connectivity index (χ1v) is 16.2. The summed E-state index contributed by atoms with van der Waals surface area (Å²) in [5.41, 5.74) is 0. The fourth-order valence-electron chi connectivity index (χ4n) is 4.34. The first kappa shape index (κ1) is 42.7. The molecule has 0 aromatic carbocycles. The molecule has 0 unspecified atom stereocenters. The van der Waals surface area contributed by atoms with Gasteiger partial charge in [-0.2, -0.15) is 12.6 Å². The summed E-state index contributed by atoms with van der Waals surface area (Å²) < 4.78 is 10.5. The third-order valence-corrected chi connectivity index (χ3v) is 7.42. The molecule has 1 aliphatic rings. The van der Waals surface area contributed by atoms with Crippen LogP contribution in [0.2, 0.25) is 0 Å². The molecule has 1 rings (SSSR count). The van der Waals surface area contributed by atoms with Crippen LogP contribution in [0.1, 0.15) is 46.5 Å². The number of ether oxygens (including phenoxy) is 2. The molecular weight excluding hydrogens is 672 g/mol. The minimum Gasteiger partial charge on any atom is -0.481 e. The fourth-order valence-corrected chi connectivity index (χ4v) is 4.60. The summed E-state index contributed by atoms with van der Waals surface area (Å²) in [6.07, 6.45) is -2.39. The zero-order valence-corrected chi connectivity index (χ0v) is 28.5. The molecule has 0 saturated carbocycles. The second kappa shape index (κ2) is 22.4. The van der Waals surface area contributed by atoms with Crippen LogP contribution in [0, 0.1) is 11.8 Å². The number of rotatable bonds is 7. The Kier molecular flexibility index (Phi) is 19.5. The smallest absolute Gasteiger partial charge is 0.305 e. The van der Waals surface area contributed by atoms with Crippen LogP contribution in [0.5, 0.6) is 0 Å². The van der Waals surface area contributed by atoms with Gasteiger partial charge in [-0.1, -0.05) is 13.8 Å². The molecule has 1 heterocycles. The van der Waals surface area contributed by atoms with Crippen LogP contribution in [0.4, 0.5) is 0 Å². The van der Waals surface area contributed by atoms with Gasteiger partial charge in [0.15, 0.2) is 5.78 Å². The number of carbonyl (C=O) groups excluding carboxylic acids is 7. The largest absolute Gasteiger partial charge is 0.481 e. The van der Waals surface area contributed by atoms with E-state index in [1.54, 1.807) is 13.8 Å². The first-order chi connectivity index (χ1) is 23.0. The van der Waals surface area contributed by atoms with Crippen LogP contribution >= 0.6 is 12.6 Å². The molecular formula is C29H46N6O13S. The SMILES string of the molecule is CC(C)[C@@H]1NC(=O)[C@H](CC(=O)O)NC(=O)[C@H](CCC(=O)O)CC(=O)[C@H](C)NC(=O)COCCOCCNC(=O)[C@H](CS)NC(=O)CNC1=O. The van der Waals surface area contributed by atoms with Crippen molar-refractivity contribution < 1.29 is 62.8 Å². The molecule has 8 N–H and O–H groups in total. The van der Waals surface area contributed by atoms with E-state index in [0.717, 1.165) is 0 Å². The van der Waals surface area contributed by atoms with Gasteiger partial charge >= 0.3 is 11.9 Å². The van der Waals surface area contributed by atoms with Crippen molar-refractivity contribution in [1.82, 2.24) is 31.9 Å². The molecule has 20 heteroatoms. The highest BCUT2D eigenvalue weighted by molar-refractivity contribution is 7.80. The first-order valence-electron chi connectivity index (χ1n) is 15.5. The van der Waals surface area contributed by atoms with Gasteiger partial charge in [0, 0.05) is 31.1 Å². The zero-order chi connectivity index (χ0) is 37.1. The molecule has 0 radical (unpaired) electrons. The number of carbonyl (C=O) groups is 9. The van der Waals surface area contributed by atoms with Crippen LogP contribution in [0.25, 0.3) is 0 Å². The third kappa shape index (κ3) is 17.1. The summed E-state index contributed by atoms with van der Waals surface area (Å²) in [5, 5.41) is 32.9. The number of amides is 6. The quantitative estimate of drug-likeness (QED) is 0.117. The molecule has 1 saturated heterocycles. The lowest BCUT2D eigenvalue weighted by Crippen LogP contribution is -2.57. The highest BCUT2D eigenvalue weighted by Crippen LogP contribution is 2.15. The van der Waals surface area contributed by atoms with E-state index in [0.29, 0.717) is 0 Å². The Labute approximate surface area is 288 Å². The van der Waals surface area contributed by atoms with Crippen molar-refractivity contribution in [3.63, 3.8) is 0 Å². The van der Waals surface area contributed by atoms with Gasteiger partial charge in [0.25, 0.3) is 0 Å². The Hall–Kier alpha value is -4.30. The number of hydrogen-bond donors (Lipinski definition) is 9. The number of carboxylic acids is 2. The highest BCUT2D eigenvalue weighted by atomic mass is 32.1. The number of hydrogen-bond acceptors (Lipinski definition) is 12. The number of thiol groups is 1. The van der Waals surface area contributed by atoms with Crippen LogP contribution in [0.3, 0.4) is 0 Å². The Bertz CT molecular complexity index is 1220. The molecule has 276 valence electrons. The van der Waals surface area contributed by atoms with Crippen LogP contribution in [-0.4, -0.2) is 133 Å². The van der Waals surface area contributed by atoms with Crippen molar-refractivity contribution in [2.75, 3.05) is 45.3 Å². The normalized spacial score (nSPS) is 25.5. The van der Waals surface area contributed by atoms with Crippen LogP contribution < -0.4 is 31.9 Å². The predicted octanol–water partition coefficient (Wildman–Crippen LogP) is -3.27. The van der Waals surface area contributed by atoms with Gasteiger partial charge in [-0.15, -0.1) is 0 Å². The van der Waals surface area contributed by atoms with Crippen molar-refractivity contribution in [3.8, 4) is 0 Å². The molecule has 0 spiro atoms. The summed E-state index contributed by atoms with van der Waals surface area (Å²) >= 11 is 4.08. The van der Waals surface area contributed by atoms with Gasteiger partial charge in [-0.25, -0.2) is 0 Å². The Morgan fingerprint density at radius 3 is 2.08 bits per heavy atom. The number of nitrogens with one attached hydrogen (secondary N) is 6. The van der Waals surface area contributed by atoms with Gasteiger partial charge in [0.1, 0.15) is 24.7 Å². The second-order valence-corrected chi connectivity index (χ2v) is 11.8. The van der Waals surface area contributed by atoms with Crippen molar-refractivity contribution >= 4 is 65.8 Å². The molecule has 0 aliphatic carbocycles. The molecule has 19 nitrogen and oxygen atoms in total. The van der Waals surface area contributed by atoms with Gasteiger partial charge in [-0.3, -0.25) is 43.2 Å². The molecule has 5 atom stereocenters. The number of Topliss-reactive ketones (excluding diaryl/α,β-unsaturated/α-hetero) is 1. The van der Waals surface area contributed by atoms with E-state index in [2.05, 4.69) is 44.5 Å². The Morgan fingerprint density at radius 2 is 1.47 bits per heavy atom.